The van der Waals surface area contributed by atoms with Gasteiger partial charge in [0.25, 0.3) is 0 Å². The molecule has 24 heavy (non-hydrogen) atoms. The van der Waals surface area contributed by atoms with E-state index in [4.69, 9.17) is 0 Å². The molecule has 3 rings (SSSR count). The van der Waals surface area contributed by atoms with Crippen molar-refractivity contribution in [2.75, 3.05) is 24.5 Å². The van der Waals surface area contributed by atoms with Crippen molar-refractivity contribution in [1.82, 2.24) is 15.5 Å². The Morgan fingerprint density at radius 2 is 2.04 bits per heavy atom. The average molecular weight is 328 g/mol. The van der Waals surface area contributed by atoms with Gasteiger partial charge in [-0.1, -0.05) is 32.9 Å². The van der Waals surface area contributed by atoms with Crippen LogP contribution in [0.2, 0.25) is 0 Å². The van der Waals surface area contributed by atoms with Gasteiger partial charge < -0.3 is 10.2 Å². The van der Waals surface area contributed by atoms with Crippen LogP contribution in [0.3, 0.4) is 0 Å². The molecule has 2 heterocycles. The lowest BCUT2D eigenvalue weighted by molar-refractivity contribution is -0.125. The molecule has 0 saturated carbocycles. The Kier molecular flexibility index (Phi) is 4.88. The molecule has 5 heteroatoms. The van der Waals surface area contributed by atoms with Crippen LogP contribution in [0.5, 0.6) is 0 Å². The van der Waals surface area contributed by atoms with Crippen molar-refractivity contribution in [3.8, 4) is 0 Å². The van der Waals surface area contributed by atoms with Crippen LogP contribution in [0.4, 0.5) is 5.82 Å². The van der Waals surface area contributed by atoms with Gasteiger partial charge in [0.2, 0.25) is 5.91 Å². The number of carbonyl (C=O) groups is 1. The fourth-order valence-corrected chi connectivity index (χ4v) is 3.20. The highest BCUT2D eigenvalue weighted by molar-refractivity contribution is 5.79. The minimum atomic E-state index is 0.0294. The molecule has 1 unspecified atom stereocenters. The predicted molar refractivity (Wildman–Crippen MR) is 95.9 cm³/mol. The molecule has 5 nitrogen and oxygen atoms in total. The highest BCUT2D eigenvalue weighted by atomic mass is 16.1. The second-order valence-corrected chi connectivity index (χ2v) is 8.02. The third-order valence-electron chi connectivity index (χ3n) is 4.90. The van der Waals surface area contributed by atoms with Crippen molar-refractivity contribution in [3.63, 3.8) is 0 Å². The summed E-state index contributed by atoms with van der Waals surface area (Å²) in [6, 6.07) is 4.12. The summed E-state index contributed by atoms with van der Waals surface area (Å²) >= 11 is 0. The molecular weight excluding hydrogens is 300 g/mol. The first-order valence-electron chi connectivity index (χ1n) is 8.95. The second kappa shape index (κ2) is 6.91. The Labute approximate surface area is 144 Å². The summed E-state index contributed by atoms with van der Waals surface area (Å²) in [5.41, 5.74) is 1.04. The molecule has 1 aromatic heterocycles. The summed E-state index contributed by atoms with van der Waals surface area (Å²) < 4.78 is 0. The standard InChI is InChI=1S/C19H28N4O/c1-19(2,3)16-9-10-17(22-21-16)23-12-14(13-23)11-20-18(24)15-7-5-4-6-8-15/h4-5,9-10,14-15H,6-8,11-13H2,1-3H3,(H,20,24). The van der Waals surface area contributed by atoms with E-state index in [1.807, 2.05) is 0 Å². The van der Waals surface area contributed by atoms with Gasteiger partial charge in [0.05, 0.1) is 5.69 Å². The van der Waals surface area contributed by atoms with E-state index in [2.05, 4.69) is 65.5 Å². The molecule has 0 aromatic carbocycles. The third-order valence-corrected chi connectivity index (χ3v) is 4.90. The number of hydrogen-bond acceptors (Lipinski definition) is 4. The first-order chi connectivity index (χ1) is 11.4. The van der Waals surface area contributed by atoms with Crippen molar-refractivity contribution in [3.05, 3.63) is 30.0 Å². The lowest BCUT2D eigenvalue weighted by Gasteiger charge is -2.40. The maximum absolute atomic E-state index is 12.1. The highest BCUT2D eigenvalue weighted by Crippen LogP contribution is 2.25. The molecule has 1 atom stereocenters. The molecule has 0 radical (unpaired) electrons. The summed E-state index contributed by atoms with van der Waals surface area (Å²) in [4.78, 5) is 14.4. The molecule has 0 bridgehead atoms. The van der Waals surface area contributed by atoms with Crippen LogP contribution < -0.4 is 10.2 Å². The molecule has 1 aromatic rings. The van der Waals surface area contributed by atoms with E-state index in [9.17, 15) is 4.79 Å². The van der Waals surface area contributed by atoms with Gasteiger partial charge in [-0.2, -0.15) is 5.10 Å². The minimum absolute atomic E-state index is 0.0294. The monoisotopic (exact) mass is 328 g/mol. The Bertz CT molecular complexity index is 597. The first-order valence-corrected chi connectivity index (χ1v) is 8.95. The number of hydrogen-bond donors (Lipinski definition) is 1. The number of aromatic nitrogens is 2. The topological polar surface area (TPSA) is 58.1 Å². The minimum Gasteiger partial charge on any atom is -0.355 e. The molecular formula is C19H28N4O. The summed E-state index contributed by atoms with van der Waals surface area (Å²) in [5, 5.41) is 11.8. The molecule has 0 spiro atoms. The van der Waals surface area contributed by atoms with Crippen LogP contribution in [0.1, 0.15) is 45.7 Å². The van der Waals surface area contributed by atoms with Gasteiger partial charge >= 0.3 is 0 Å². The maximum Gasteiger partial charge on any atom is 0.223 e. The van der Waals surface area contributed by atoms with E-state index in [1.54, 1.807) is 0 Å². The van der Waals surface area contributed by atoms with E-state index in [0.717, 1.165) is 50.4 Å². The van der Waals surface area contributed by atoms with E-state index < -0.39 is 0 Å². The SMILES string of the molecule is CC(C)(C)c1ccc(N2CC(CNC(=O)C3CC=CCC3)C2)nn1. The van der Waals surface area contributed by atoms with Crippen LogP contribution in [0.25, 0.3) is 0 Å². The van der Waals surface area contributed by atoms with Gasteiger partial charge in [-0.25, -0.2) is 0 Å². The molecule has 1 N–H and O–H groups in total. The molecule has 1 fully saturated rings. The van der Waals surface area contributed by atoms with Crippen molar-refractivity contribution >= 4 is 11.7 Å². The van der Waals surface area contributed by atoms with Crippen LogP contribution >= 0.6 is 0 Å². The van der Waals surface area contributed by atoms with Gasteiger partial charge in [-0.15, -0.1) is 5.10 Å². The lowest BCUT2D eigenvalue weighted by atomic mass is 9.92. The van der Waals surface area contributed by atoms with Crippen LogP contribution in [-0.4, -0.2) is 35.7 Å². The Hall–Kier alpha value is -1.91. The van der Waals surface area contributed by atoms with E-state index >= 15 is 0 Å². The number of rotatable bonds is 4. The smallest absolute Gasteiger partial charge is 0.223 e. The average Bonchev–Trinajstić information content (AvgIpc) is 2.53. The molecule has 2 aliphatic rings. The summed E-state index contributed by atoms with van der Waals surface area (Å²) in [6.45, 7) is 9.06. The summed E-state index contributed by atoms with van der Waals surface area (Å²) in [6.07, 6.45) is 7.18. The Morgan fingerprint density at radius 3 is 2.62 bits per heavy atom. The number of nitrogens with zero attached hydrogens (tertiary/aromatic N) is 3. The maximum atomic E-state index is 12.1. The van der Waals surface area contributed by atoms with Crippen LogP contribution in [0.15, 0.2) is 24.3 Å². The van der Waals surface area contributed by atoms with Gasteiger partial charge in [-0.3, -0.25) is 4.79 Å². The summed E-state index contributed by atoms with van der Waals surface area (Å²) in [7, 11) is 0. The highest BCUT2D eigenvalue weighted by Gasteiger charge is 2.29. The molecule has 1 amide bonds. The number of nitrogens with one attached hydrogen (secondary N) is 1. The molecule has 1 aliphatic carbocycles. The van der Waals surface area contributed by atoms with Crippen molar-refractivity contribution in [2.24, 2.45) is 11.8 Å². The second-order valence-electron chi connectivity index (χ2n) is 8.02. The largest absolute Gasteiger partial charge is 0.355 e. The van der Waals surface area contributed by atoms with E-state index in [1.165, 1.54) is 0 Å². The Morgan fingerprint density at radius 1 is 1.25 bits per heavy atom. The number of carbonyl (C=O) groups excluding carboxylic acids is 1. The van der Waals surface area contributed by atoms with Crippen molar-refractivity contribution < 1.29 is 4.79 Å². The first kappa shape index (κ1) is 16.9. The fourth-order valence-electron chi connectivity index (χ4n) is 3.20. The molecule has 130 valence electrons. The number of anilines is 1. The normalized spacial score (nSPS) is 21.5. The molecule has 1 aliphatic heterocycles. The zero-order valence-corrected chi connectivity index (χ0v) is 15.0. The number of allylic oxidation sites excluding steroid dienone is 2. The van der Waals surface area contributed by atoms with Gasteiger partial charge in [0.15, 0.2) is 5.82 Å². The number of amides is 1. The van der Waals surface area contributed by atoms with Crippen molar-refractivity contribution in [1.29, 1.82) is 0 Å². The van der Waals surface area contributed by atoms with E-state index in [0.29, 0.717) is 5.92 Å². The quantitative estimate of drug-likeness (QED) is 0.863. The molecule has 1 saturated heterocycles. The Balaban J connectivity index is 1.42. The van der Waals surface area contributed by atoms with E-state index in [-0.39, 0.29) is 17.2 Å². The summed E-state index contributed by atoms with van der Waals surface area (Å²) in [5.74, 6) is 1.83. The lowest BCUT2D eigenvalue weighted by Crippen LogP contribution is -2.52. The van der Waals surface area contributed by atoms with Crippen LogP contribution in [0, 0.1) is 11.8 Å². The fraction of sp³-hybridized carbons (Fsp3) is 0.632. The van der Waals surface area contributed by atoms with Gasteiger partial charge in [0.1, 0.15) is 0 Å². The van der Waals surface area contributed by atoms with Crippen LogP contribution in [-0.2, 0) is 10.2 Å². The zero-order chi connectivity index (χ0) is 17.2. The van der Waals surface area contributed by atoms with Gasteiger partial charge in [-0.05, 0) is 31.4 Å². The van der Waals surface area contributed by atoms with Gasteiger partial charge in [0, 0.05) is 36.9 Å². The van der Waals surface area contributed by atoms with Crippen molar-refractivity contribution in [2.45, 2.75) is 45.4 Å². The zero-order valence-electron chi connectivity index (χ0n) is 15.0. The predicted octanol–water partition coefficient (Wildman–Crippen LogP) is 2.68. The third kappa shape index (κ3) is 3.94.